The number of fused-ring (bicyclic) bond motifs is 8. The minimum absolute atomic E-state index is 0. The molecule has 0 saturated carbocycles. The van der Waals surface area contributed by atoms with Crippen LogP contribution in [0.15, 0.2) is 254 Å². The minimum Gasteiger partial charge on any atom is -1.00 e. The number of aliphatic hydroxyl groups is 1. The summed E-state index contributed by atoms with van der Waals surface area (Å²) in [6.45, 7) is 0.200. The van der Waals surface area contributed by atoms with Gasteiger partial charge in [0.25, 0.3) is 34.0 Å². The number of rotatable bonds is 18. The summed E-state index contributed by atoms with van der Waals surface area (Å²) in [7, 11) is 0. The molecule has 10 N–H and O–H groups in total. The number of hydrogen-bond donors (Lipinski definition) is 7. The van der Waals surface area contributed by atoms with E-state index in [-0.39, 0.29) is 73.9 Å². The zero-order valence-electron chi connectivity index (χ0n) is 60.3. The van der Waals surface area contributed by atoms with Crippen molar-refractivity contribution in [2.45, 2.75) is 37.4 Å². The van der Waals surface area contributed by atoms with E-state index in [9.17, 15) is 24.3 Å². The average Bonchev–Trinajstić information content (AvgIpc) is 1.62. The standard InChI is InChI=1S/C30H21N5O3S.C22H19N5OS.C19H16N2O3.C11H6BrN3S.H4N2.Na.H/c36-28-24-6-1-2-7-25(24)29(37)35(28)22(14-21-16-32-26-8-4-3-5-23(21)26)17-38-30-34-33-27(39-30)19-9-10-20-15-31-12-11-18(20)13-19;23-18(10-17-12-25-20-4-2-1-3-19(17)20)13-28-22-27-26-21(29-22)15-5-6-16-11-24-8-7-14(16)9-15;22-11-13(9-12-10-20-17-8-4-3-5-14(12)17)21-18(23)15-6-1-2-7-16(15)19(21)24;12-11-15-14-10(16-11)8-1-2-9-6-13-4-3-7(9)5-8;1-2;;/h1-13,15-16,22,32H,14,17H2;1-9,11-12,18,25H,10,13,23H2;1-8,10,13,20,22H,9,11H2;1-6H;1-2H2;;/q;;;;;+1;-1/t22-;18-;13-;;;;/m000..../s1. The Morgan fingerprint density at radius 3 is 1.17 bits per heavy atom. The first kappa shape index (κ1) is 76.3. The Morgan fingerprint density at radius 1 is 0.423 bits per heavy atom. The molecule has 8 aromatic carbocycles. The summed E-state index contributed by atoms with van der Waals surface area (Å²) in [5.41, 5.74) is 17.2. The predicted molar refractivity (Wildman–Crippen MR) is 433 cm³/mol. The van der Waals surface area contributed by atoms with E-state index in [0.717, 1.165) is 107 Å². The number of halogens is 1. The average molecular weight is 1600 g/mol. The number of nitrogens with one attached hydrogen (secondary N) is 3. The molecule has 0 saturated heterocycles. The van der Waals surface area contributed by atoms with Gasteiger partial charge in [-0.3, -0.25) is 55.6 Å². The van der Waals surface area contributed by atoms with Gasteiger partial charge in [0.1, 0.15) is 18.2 Å². The molecule has 4 amide bonds. The number of benzene rings is 8. The monoisotopic (exact) mass is 1600 g/mol. The van der Waals surface area contributed by atoms with Crippen LogP contribution in [0.2, 0.25) is 0 Å². The number of nitrogens with zero attached hydrogens (tertiary/aromatic N) is 11. The molecule has 17 aromatic rings. The molecule has 548 valence electrons. The molecule has 0 fully saturated rings. The molecule has 19 rings (SSSR count). The third-order valence-electron chi connectivity index (χ3n) is 18.7. The zero-order valence-corrected chi connectivity index (χ0v) is 65.3. The Morgan fingerprint density at radius 2 is 0.775 bits per heavy atom. The molecule has 2 aliphatic rings. The van der Waals surface area contributed by atoms with Gasteiger partial charge in [0.05, 0.1) is 40.9 Å². The van der Waals surface area contributed by atoms with E-state index in [1.165, 1.54) is 60.1 Å². The minimum atomic E-state index is -0.586. The van der Waals surface area contributed by atoms with Gasteiger partial charge in [0.2, 0.25) is 0 Å². The SMILES string of the molecule is Brc1nnc(-c2ccc3cnccc3c2)s1.NN.N[C@H](COc1nnc(-c2ccc3cnccc3c2)s1)Cc1c[nH]c2ccccc12.O=C1c2ccccc2C(=O)N1[C@H](CO)Cc1c[nH]c2ccccc12.O=C1c2ccccc2C(=O)N1[C@H](COc1nnc(-c2ccc3cnccc3c2)s1)Cc1c[nH]c2ccccc12.[H-].[Na+]. The number of hydrazine groups is 1. The fraction of sp³-hybridized carbons (Fsp3) is 0.110. The second kappa shape index (κ2) is 35.0. The van der Waals surface area contributed by atoms with E-state index in [1.54, 1.807) is 67.1 Å². The fourth-order valence-electron chi connectivity index (χ4n) is 13.4. The van der Waals surface area contributed by atoms with Crippen LogP contribution in [0, 0.1) is 0 Å². The van der Waals surface area contributed by atoms with Crippen molar-refractivity contribution in [1.29, 1.82) is 0 Å². The predicted octanol–water partition coefficient (Wildman–Crippen LogP) is 11.5. The molecule has 0 bridgehead atoms. The Kier molecular flexibility index (Phi) is 24.1. The van der Waals surface area contributed by atoms with E-state index >= 15 is 0 Å². The Bertz CT molecular complexity index is 6140. The van der Waals surface area contributed by atoms with Crippen molar-refractivity contribution >= 4 is 139 Å². The van der Waals surface area contributed by atoms with Gasteiger partial charge in [-0.15, -0.1) is 20.4 Å². The first-order valence-electron chi connectivity index (χ1n) is 34.7. The molecule has 11 heterocycles. The number of aromatic nitrogens is 12. The number of nitrogens with two attached hydrogens (primary N) is 3. The molecule has 24 nitrogen and oxygen atoms in total. The molecule has 0 radical (unpaired) electrons. The maximum absolute atomic E-state index is 13.4. The summed E-state index contributed by atoms with van der Waals surface area (Å²) in [5.74, 6) is 6.70. The van der Waals surface area contributed by atoms with Gasteiger partial charge in [0.15, 0.2) is 13.9 Å². The molecule has 2 aliphatic heterocycles. The van der Waals surface area contributed by atoms with E-state index in [0.29, 0.717) is 52.1 Å². The van der Waals surface area contributed by atoms with Crippen LogP contribution >= 0.6 is 49.9 Å². The summed E-state index contributed by atoms with van der Waals surface area (Å²) in [6, 6.07) is 60.7. The molecular formula is C82H67BrN17NaO7S3. The number of para-hydroxylation sites is 3. The number of aliphatic hydroxyl groups excluding tert-OH is 1. The zero-order chi connectivity index (χ0) is 75.6. The van der Waals surface area contributed by atoms with Crippen LogP contribution in [0.1, 0.15) is 59.5 Å². The van der Waals surface area contributed by atoms with Crippen molar-refractivity contribution in [2.75, 3.05) is 19.8 Å². The third kappa shape index (κ3) is 16.8. The Labute approximate surface area is 677 Å². The van der Waals surface area contributed by atoms with Crippen molar-refractivity contribution in [3.63, 3.8) is 0 Å². The number of amides is 4. The van der Waals surface area contributed by atoms with Crippen LogP contribution in [0.4, 0.5) is 0 Å². The number of imide groups is 2. The first-order valence-corrected chi connectivity index (χ1v) is 37.9. The number of ether oxygens (including phenoxy) is 2. The summed E-state index contributed by atoms with van der Waals surface area (Å²) in [4.78, 5) is 76.5. The van der Waals surface area contributed by atoms with Gasteiger partial charge in [-0.25, -0.2) is 0 Å². The largest absolute Gasteiger partial charge is 1.00 e. The van der Waals surface area contributed by atoms with Gasteiger partial charge >= 0.3 is 29.6 Å². The van der Waals surface area contributed by atoms with E-state index in [1.807, 2.05) is 159 Å². The summed E-state index contributed by atoms with van der Waals surface area (Å²) in [6.07, 6.45) is 18.2. The summed E-state index contributed by atoms with van der Waals surface area (Å²) in [5, 5.41) is 48.1. The molecule has 0 unspecified atom stereocenters. The normalized spacial score (nSPS) is 13.0. The van der Waals surface area contributed by atoms with Crippen molar-refractivity contribution in [2.24, 2.45) is 17.4 Å². The van der Waals surface area contributed by atoms with Crippen molar-refractivity contribution in [3.05, 3.63) is 293 Å². The Balaban J connectivity index is 0.000000134. The van der Waals surface area contributed by atoms with E-state index < -0.39 is 12.1 Å². The number of carbonyl (C=O) groups is 4. The molecule has 111 heavy (non-hydrogen) atoms. The maximum Gasteiger partial charge on any atom is 1.00 e. The molecule has 0 spiro atoms. The van der Waals surface area contributed by atoms with Crippen molar-refractivity contribution < 1.29 is 64.7 Å². The fourth-order valence-corrected chi connectivity index (χ4v) is 15.9. The second-order valence-corrected chi connectivity index (χ2v) is 29.7. The second-order valence-electron chi connectivity index (χ2n) is 25.5. The molecule has 3 atom stereocenters. The number of pyridine rings is 3. The third-order valence-corrected chi connectivity index (χ3v) is 21.9. The van der Waals surface area contributed by atoms with Gasteiger partial charge < -0.3 is 36.7 Å². The van der Waals surface area contributed by atoms with Gasteiger partial charge in [0, 0.05) is 127 Å². The number of hydrogen-bond acceptors (Lipinski definition) is 22. The van der Waals surface area contributed by atoms with E-state index in [2.05, 4.69) is 112 Å². The van der Waals surface area contributed by atoms with Gasteiger partial charge in [-0.1, -0.05) is 159 Å². The van der Waals surface area contributed by atoms with Crippen molar-refractivity contribution in [3.8, 4) is 42.1 Å². The topological polar surface area (TPSA) is 355 Å². The van der Waals surface area contributed by atoms with Crippen LogP contribution in [-0.2, 0) is 19.3 Å². The quantitative estimate of drug-likeness (QED) is 0.0182. The Hall–Kier alpha value is -11.5. The van der Waals surface area contributed by atoms with Crippen LogP contribution in [-0.4, -0.2) is 137 Å². The molecule has 29 heteroatoms. The number of carbonyl (C=O) groups excluding carboxylic acids is 4. The maximum atomic E-state index is 13.4. The van der Waals surface area contributed by atoms with E-state index in [4.69, 9.17) is 15.2 Å². The molecule has 0 aliphatic carbocycles. The number of H-pyrrole nitrogens is 3. The summed E-state index contributed by atoms with van der Waals surface area (Å²) >= 11 is 7.59. The number of aromatic amines is 3. The van der Waals surface area contributed by atoms with Crippen molar-refractivity contribution in [1.82, 2.24) is 70.3 Å². The van der Waals surface area contributed by atoms with Crippen LogP contribution in [0.5, 0.6) is 10.4 Å². The molecular weight excluding hydrogens is 1530 g/mol. The molecule has 9 aromatic heterocycles. The van der Waals surface area contributed by atoms with Gasteiger partial charge in [-0.2, -0.15) is 0 Å². The van der Waals surface area contributed by atoms with Crippen LogP contribution in [0.25, 0.3) is 96.7 Å². The van der Waals surface area contributed by atoms with Crippen LogP contribution < -0.4 is 56.5 Å². The van der Waals surface area contributed by atoms with Crippen LogP contribution in [0.3, 0.4) is 0 Å². The first-order chi connectivity index (χ1) is 53.9. The van der Waals surface area contributed by atoms with Gasteiger partial charge in [-0.05, 0) is 147 Å². The summed E-state index contributed by atoms with van der Waals surface area (Å²) < 4.78 is 12.7. The smallest absolute Gasteiger partial charge is 1.00 e.